The molecule has 0 saturated carbocycles. The molecule has 4 N–H and O–H groups in total. The molecule has 0 aromatic heterocycles. The molecule has 0 saturated heterocycles. The van der Waals surface area contributed by atoms with E-state index in [1.807, 2.05) is 0 Å². The average Bonchev–Trinajstić information content (AvgIpc) is 2.22. The molecule has 86 valence electrons. The lowest BCUT2D eigenvalue weighted by atomic mass is 10.2. The minimum atomic E-state index is -0.484. The smallest absolute Gasteiger partial charge is 0.224 e. The van der Waals surface area contributed by atoms with Crippen molar-refractivity contribution in [2.24, 2.45) is 5.73 Å². The molecule has 0 fully saturated rings. The predicted molar refractivity (Wildman–Crippen MR) is 65.7 cm³/mol. The minimum absolute atomic E-state index is 0.0298. The Hall–Kier alpha value is -1.69. The van der Waals surface area contributed by atoms with E-state index in [4.69, 9.17) is 5.73 Å². The first-order chi connectivity index (χ1) is 7.52. The van der Waals surface area contributed by atoms with E-state index in [1.54, 1.807) is 6.92 Å². The number of rotatable bonds is 3. The number of benzene rings is 1. The summed E-state index contributed by atoms with van der Waals surface area (Å²) in [6, 6.07) is 4.13. The zero-order valence-corrected chi connectivity index (χ0v) is 9.53. The van der Waals surface area contributed by atoms with Crippen molar-refractivity contribution in [2.45, 2.75) is 13.3 Å². The van der Waals surface area contributed by atoms with Gasteiger partial charge in [0.15, 0.2) is 5.11 Å². The molecule has 0 aliphatic rings. The normalized spacial score (nSPS) is 9.62. The van der Waals surface area contributed by atoms with E-state index in [0.29, 0.717) is 12.1 Å². The fraction of sp³-hybridized carbons (Fsp3) is 0.200. The summed E-state index contributed by atoms with van der Waals surface area (Å²) in [5, 5.41) is 5.06. The Kier molecular flexibility index (Phi) is 4.19. The first-order valence-corrected chi connectivity index (χ1v) is 5.09. The zero-order chi connectivity index (χ0) is 12.1. The predicted octanol–water partition coefficient (Wildman–Crippen LogP) is 1.83. The summed E-state index contributed by atoms with van der Waals surface area (Å²) in [4.78, 5) is 11.1. The number of nitrogens with two attached hydrogens (primary N) is 1. The standard InChI is InChI=1S/C10H12FN3OS/c1-2-9(15)13-6-3-4-7(11)8(5-6)14-10(12)16/h3-5H,2H2,1H3,(H,13,15)(H3,12,14,16). The number of hydrogen-bond donors (Lipinski definition) is 3. The molecule has 4 nitrogen and oxygen atoms in total. The van der Waals surface area contributed by atoms with Gasteiger partial charge in [0.05, 0.1) is 5.69 Å². The van der Waals surface area contributed by atoms with E-state index < -0.39 is 5.82 Å². The molecule has 1 amide bonds. The monoisotopic (exact) mass is 241 g/mol. The van der Waals surface area contributed by atoms with Crippen LogP contribution >= 0.6 is 12.2 Å². The Morgan fingerprint density at radius 2 is 2.19 bits per heavy atom. The van der Waals surface area contributed by atoms with Crippen molar-refractivity contribution in [1.82, 2.24) is 0 Å². The first-order valence-electron chi connectivity index (χ1n) is 4.68. The molecule has 1 aromatic rings. The summed E-state index contributed by atoms with van der Waals surface area (Å²) in [6.45, 7) is 1.73. The molecule has 0 aliphatic heterocycles. The fourth-order valence-corrected chi connectivity index (χ4v) is 1.19. The van der Waals surface area contributed by atoms with E-state index in [9.17, 15) is 9.18 Å². The Bertz CT molecular complexity index is 423. The summed E-state index contributed by atoms with van der Waals surface area (Å²) in [5.41, 5.74) is 5.87. The summed E-state index contributed by atoms with van der Waals surface area (Å²) in [7, 11) is 0. The maximum absolute atomic E-state index is 13.3. The van der Waals surface area contributed by atoms with Crippen LogP contribution < -0.4 is 16.4 Å². The Balaban J connectivity index is 2.88. The number of carbonyl (C=O) groups is 1. The van der Waals surface area contributed by atoms with Crippen LogP contribution in [-0.2, 0) is 4.79 Å². The van der Waals surface area contributed by atoms with Gasteiger partial charge < -0.3 is 16.4 Å². The van der Waals surface area contributed by atoms with Crippen molar-refractivity contribution in [1.29, 1.82) is 0 Å². The first kappa shape index (κ1) is 12.4. The highest BCUT2D eigenvalue weighted by molar-refractivity contribution is 7.80. The fourth-order valence-electron chi connectivity index (χ4n) is 1.08. The van der Waals surface area contributed by atoms with E-state index in [2.05, 4.69) is 22.9 Å². The number of nitrogens with one attached hydrogen (secondary N) is 2. The van der Waals surface area contributed by atoms with Gasteiger partial charge in [-0.1, -0.05) is 6.92 Å². The molecule has 1 rings (SSSR count). The zero-order valence-electron chi connectivity index (χ0n) is 8.71. The highest BCUT2D eigenvalue weighted by Crippen LogP contribution is 2.19. The maximum Gasteiger partial charge on any atom is 0.224 e. The van der Waals surface area contributed by atoms with Crippen molar-refractivity contribution in [3.63, 3.8) is 0 Å². The number of thiocarbonyl (C=S) groups is 1. The van der Waals surface area contributed by atoms with Gasteiger partial charge in [0.1, 0.15) is 5.82 Å². The Labute approximate surface area is 98.0 Å². The van der Waals surface area contributed by atoms with Crippen LogP contribution in [0.1, 0.15) is 13.3 Å². The summed E-state index contributed by atoms with van der Waals surface area (Å²) >= 11 is 4.60. The number of anilines is 2. The van der Waals surface area contributed by atoms with E-state index >= 15 is 0 Å². The molecule has 0 unspecified atom stereocenters. The maximum atomic E-state index is 13.3. The van der Waals surface area contributed by atoms with Crippen LogP contribution in [0, 0.1) is 5.82 Å². The highest BCUT2D eigenvalue weighted by atomic mass is 32.1. The molecular formula is C10H12FN3OS. The van der Waals surface area contributed by atoms with Crippen LogP contribution in [0.25, 0.3) is 0 Å². The lowest BCUT2D eigenvalue weighted by molar-refractivity contribution is -0.115. The largest absolute Gasteiger partial charge is 0.376 e. The highest BCUT2D eigenvalue weighted by Gasteiger charge is 2.05. The molecule has 0 heterocycles. The number of carbonyl (C=O) groups excluding carboxylic acids is 1. The molecule has 0 atom stereocenters. The van der Waals surface area contributed by atoms with Crippen LogP contribution in [-0.4, -0.2) is 11.0 Å². The Morgan fingerprint density at radius 3 is 2.75 bits per heavy atom. The van der Waals surface area contributed by atoms with Gasteiger partial charge in [-0.25, -0.2) is 4.39 Å². The van der Waals surface area contributed by atoms with Crippen LogP contribution in [0.4, 0.5) is 15.8 Å². The topological polar surface area (TPSA) is 67.2 Å². The van der Waals surface area contributed by atoms with E-state index in [0.717, 1.165) is 0 Å². The number of hydrogen-bond acceptors (Lipinski definition) is 2. The third kappa shape index (κ3) is 3.47. The SMILES string of the molecule is CCC(=O)Nc1ccc(F)c(NC(N)=S)c1. The molecule has 0 bridgehead atoms. The molecule has 16 heavy (non-hydrogen) atoms. The van der Waals surface area contributed by atoms with Gasteiger partial charge in [-0.05, 0) is 30.4 Å². The van der Waals surface area contributed by atoms with Gasteiger partial charge >= 0.3 is 0 Å². The second kappa shape index (κ2) is 5.41. The second-order valence-electron chi connectivity index (χ2n) is 3.09. The van der Waals surface area contributed by atoms with E-state index in [1.165, 1.54) is 18.2 Å². The summed E-state index contributed by atoms with van der Waals surface area (Å²) in [6.07, 6.45) is 0.357. The van der Waals surface area contributed by atoms with Crippen LogP contribution in [0.3, 0.4) is 0 Å². The number of halogens is 1. The van der Waals surface area contributed by atoms with Crippen molar-refractivity contribution in [2.75, 3.05) is 10.6 Å². The quantitative estimate of drug-likeness (QED) is 0.706. The van der Waals surface area contributed by atoms with Crippen LogP contribution in [0.15, 0.2) is 18.2 Å². The summed E-state index contributed by atoms with van der Waals surface area (Å²) in [5.74, 6) is -0.629. The van der Waals surface area contributed by atoms with Crippen molar-refractivity contribution in [3.05, 3.63) is 24.0 Å². The van der Waals surface area contributed by atoms with Gasteiger partial charge in [-0.15, -0.1) is 0 Å². The van der Waals surface area contributed by atoms with Gasteiger partial charge in [-0.3, -0.25) is 4.79 Å². The lowest BCUT2D eigenvalue weighted by Gasteiger charge is -2.08. The minimum Gasteiger partial charge on any atom is -0.376 e. The van der Waals surface area contributed by atoms with Crippen molar-refractivity contribution in [3.8, 4) is 0 Å². The van der Waals surface area contributed by atoms with Crippen molar-refractivity contribution >= 4 is 34.6 Å². The van der Waals surface area contributed by atoms with Gasteiger partial charge in [0.2, 0.25) is 5.91 Å². The molecular weight excluding hydrogens is 229 g/mol. The molecule has 0 aliphatic carbocycles. The third-order valence-corrected chi connectivity index (χ3v) is 1.93. The molecule has 6 heteroatoms. The van der Waals surface area contributed by atoms with E-state index in [-0.39, 0.29) is 16.7 Å². The van der Waals surface area contributed by atoms with Crippen LogP contribution in [0.5, 0.6) is 0 Å². The molecule has 1 aromatic carbocycles. The second-order valence-corrected chi connectivity index (χ2v) is 3.53. The van der Waals surface area contributed by atoms with Gasteiger partial charge in [0.25, 0.3) is 0 Å². The number of amides is 1. The average molecular weight is 241 g/mol. The molecule has 0 radical (unpaired) electrons. The third-order valence-electron chi connectivity index (χ3n) is 1.83. The van der Waals surface area contributed by atoms with Gasteiger partial charge in [0, 0.05) is 12.1 Å². The summed E-state index contributed by atoms with van der Waals surface area (Å²) < 4.78 is 13.3. The lowest BCUT2D eigenvalue weighted by Crippen LogP contribution is -2.20. The van der Waals surface area contributed by atoms with Crippen LogP contribution in [0.2, 0.25) is 0 Å². The van der Waals surface area contributed by atoms with Crippen molar-refractivity contribution < 1.29 is 9.18 Å². The van der Waals surface area contributed by atoms with Gasteiger partial charge in [-0.2, -0.15) is 0 Å². The Morgan fingerprint density at radius 1 is 1.50 bits per heavy atom. The molecule has 0 spiro atoms.